The van der Waals surface area contributed by atoms with E-state index in [0.717, 1.165) is 24.2 Å². The van der Waals surface area contributed by atoms with Gasteiger partial charge in [0.25, 0.3) is 5.91 Å². The molecule has 5 heteroatoms. The highest BCUT2D eigenvalue weighted by Crippen LogP contribution is 2.35. The highest BCUT2D eigenvalue weighted by atomic mass is 16.1. The van der Waals surface area contributed by atoms with Crippen LogP contribution in [0, 0.1) is 0 Å². The van der Waals surface area contributed by atoms with Crippen LogP contribution in [0.15, 0.2) is 72.8 Å². The van der Waals surface area contributed by atoms with Crippen LogP contribution in [-0.4, -0.2) is 23.0 Å². The fourth-order valence-corrected chi connectivity index (χ4v) is 5.16. The zero-order chi connectivity index (χ0) is 22.7. The van der Waals surface area contributed by atoms with E-state index in [9.17, 15) is 4.79 Å². The number of carbonyl (C=O) groups excluding carboxylic acids is 1. The van der Waals surface area contributed by atoms with Gasteiger partial charge in [-0.05, 0) is 60.2 Å². The smallest absolute Gasteiger partial charge is 0.255 e. The minimum atomic E-state index is -0.154. The number of hydrogen-bond donors (Lipinski definition) is 3. The zero-order valence-corrected chi connectivity index (χ0v) is 19.0. The molecule has 1 heterocycles. The Bertz CT molecular complexity index is 1100. The number of anilines is 2. The van der Waals surface area contributed by atoms with Crippen molar-refractivity contribution in [2.24, 2.45) is 0 Å². The lowest BCUT2D eigenvalue weighted by Gasteiger charge is -2.34. The Morgan fingerprint density at radius 2 is 1.67 bits per heavy atom. The second-order valence-corrected chi connectivity index (χ2v) is 9.44. The van der Waals surface area contributed by atoms with E-state index >= 15 is 0 Å². The highest BCUT2D eigenvalue weighted by Gasteiger charge is 2.38. The molecule has 0 bridgehead atoms. The summed E-state index contributed by atoms with van der Waals surface area (Å²) in [5, 5.41) is 5.32. The summed E-state index contributed by atoms with van der Waals surface area (Å²) >= 11 is 0. The first kappa shape index (κ1) is 21.7. The first-order valence-electron chi connectivity index (χ1n) is 12.0. The molecule has 0 atom stereocenters. The number of nitrogens with two attached hydrogens (primary N) is 1. The second-order valence-electron chi connectivity index (χ2n) is 9.44. The number of hydrogen-bond acceptors (Lipinski definition) is 4. The van der Waals surface area contributed by atoms with Gasteiger partial charge < -0.3 is 11.1 Å². The van der Waals surface area contributed by atoms with Crippen molar-refractivity contribution in [3.05, 3.63) is 83.9 Å². The van der Waals surface area contributed by atoms with Gasteiger partial charge in [0.05, 0.1) is 11.4 Å². The molecule has 0 radical (unpaired) electrons. The molecule has 0 aromatic heterocycles. The Hall–Kier alpha value is -3.15. The van der Waals surface area contributed by atoms with Gasteiger partial charge in [0, 0.05) is 24.2 Å². The predicted molar refractivity (Wildman–Crippen MR) is 135 cm³/mol. The molecular weight excluding hydrogens is 408 g/mol. The highest BCUT2D eigenvalue weighted by molar-refractivity contribution is 6.06. The first-order chi connectivity index (χ1) is 16.1. The number of nitrogen functional groups attached to an aromatic ring is 1. The van der Waals surface area contributed by atoms with E-state index in [1.807, 2.05) is 72.8 Å². The molecule has 1 saturated carbocycles. The van der Waals surface area contributed by atoms with Crippen LogP contribution in [0.5, 0.6) is 0 Å². The van der Waals surface area contributed by atoms with Crippen LogP contribution in [-0.2, 0) is 6.54 Å². The van der Waals surface area contributed by atoms with Gasteiger partial charge in [-0.25, -0.2) is 10.4 Å². The molecule has 4 N–H and O–H groups in total. The fourth-order valence-electron chi connectivity index (χ4n) is 5.16. The third-order valence-corrected chi connectivity index (χ3v) is 7.06. The maximum atomic E-state index is 12.9. The SMILES string of the molecule is Nc1ccc(-c2ccccc2)cc1NC(=O)c1ccc(CN2CCC3(CCCCC3)N2)cc1. The van der Waals surface area contributed by atoms with Gasteiger partial charge in [-0.15, -0.1) is 0 Å². The summed E-state index contributed by atoms with van der Waals surface area (Å²) in [5.41, 5.74) is 15.4. The minimum absolute atomic E-state index is 0.154. The lowest BCUT2D eigenvalue weighted by Crippen LogP contribution is -2.46. The number of hydrazine groups is 1. The molecule has 1 spiro atoms. The summed E-state index contributed by atoms with van der Waals surface area (Å²) in [6.07, 6.45) is 7.85. The Morgan fingerprint density at radius 3 is 2.42 bits per heavy atom. The minimum Gasteiger partial charge on any atom is -0.397 e. The van der Waals surface area contributed by atoms with Gasteiger partial charge in [-0.2, -0.15) is 0 Å². The molecule has 1 saturated heterocycles. The van der Waals surface area contributed by atoms with E-state index in [4.69, 9.17) is 5.73 Å². The van der Waals surface area contributed by atoms with E-state index in [0.29, 0.717) is 22.5 Å². The second kappa shape index (κ2) is 9.38. The summed E-state index contributed by atoms with van der Waals surface area (Å²) in [5.74, 6) is -0.154. The van der Waals surface area contributed by atoms with Gasteiger partial charge in [-0.1, -0.05) is 67.8 Å². The van der Waals surface area contributed by atoms with Crippen molar-refractivity contribution in [2.75, 3.05) is 17.6 Å². The van der Waals surface area contributed by atoms with Crippen molar-refractivity contribution < 1.29 is 4.79 Å². The predicted octanol–water partition coefficient (Wildman–Crippen LogP) is 5.60. The number of carbonyl (C=O) groups is 1. The Labute approximate surface area is 196 Å². The van der Waals surface area contributed by atoms with Crippen molar-refractivity contribution >= 4 is 17.3 Å². The molecule has 3 aromatic rings. The maximum Gasteiger partial charge on any atom is 0.255 e. The summed E-state index contributed by atoms with van der Waals surface area (Å²) in [4.78, 5) is 12.9. The van der Waals surface area contributed by atoms with Crippen molar-refractivity contribution in [1.82, 2.24) is 10.4 Å². The summed E-state index contributed by atoms with van der Waals surface area (Å²) in [6.45, 7) is 1.94. The van der Waals surface area contributed by atoms with Crippen LogP contribution >= 0.6 is 0 Å². The summed E-state index contributed by atoms with van der Waals surface area (Å²) in [7, 11) is 0. The zero-order valence-electron chi connectivity index (χ0n) is 19.0. The van der Waals surface area contributed by atoms with Crippen molar-refractivity contribution in [2.45, 2.75) is 50.6 Å². The van der Waals surface area contributed by atoms with E-state index in [1.165, 1.54) is 44.1 Å². The average Bonchev–Trinajstić information content (AvgIpc) is 3.23. The van der Waals surface area contributed by atoms with E-state index in [2.05, 4.69) is 15.8 Å². The average molecular weight is 441 g/mol. The van der Waals surface area contributed by atoms with E-state index in [1.54, 1.807) is 0 Å². The Morgan fingerprint density at radius 1 is 0.909 bits per heavy atom. The molecule has 170 valence electrons. The van der Waals surface area contributed by atoms with Crippen LogP contribution < -0.4 is 16.5 Å². The van der Waals surface area contributed by atoms with Crippen LogP contribution in [0.25, 0.3) is 11.1 Å². The van der Waals surface area contributed by atoms with Crippen LogP contribution in [0.3, 0.4) is 0 Å². The third kappa shape index (κ3) is 4.95. The summed E-state index contributed by atoms with van der Waals surface area (Å²) in [6, 6.07) is 23.7. The molecule has 1 aliphatic heterocycles. The van der Waals surface area contributed by atoms with Gasteiger partial charge in [0.15, 0.2) is 0 Å². The Kier molecular flexibility index (Phi) is 6.16. The molecule has 5 rings (SSSR count). The lowest BCUT2D eigenvalue weighted by molar-refractivity contribution is 0.102. The quantitative estimate of drug-likeness (QED) is 0.452. The van der Waals surface area contributed by atoms with Crippen molar-refractivity contribution in [3.63, 3.8) is 0 Å². The number of rotatable bonds is 5. The van der Waals surface area contributed by atoms with Crippen molar-refractivity contribution in [3.8, 4) is 11.1 Å². The molecule has 33 heavy (non-hydrogen) atoms. The van der Waals surface area contributed by atoms with E-state index < -0.39 is 0 Å². The first-order valence-corrected chi connectivity index (χ1v) is 12.0. The molecule has 3 aromatic carbocycles. The monoisotopic (exact) mass is 440 g/mol. The standard InChI is InChI=1S/C28H32N4O/c29-25-14-13-24(22-7-3-1-4-8-22)19-26(25)30-27(33)23-11-9-21(10-12-23)20-32-18-17-28(31-32)15-5-2-6-16-28/h1,3-4,7-14,19,31H,2,5-6,15-18,20,29H2,(H,30,33). The number of nitrogens with one attached hydrogen (secondary N) is 2. The van der Waals surface area contributed by atoms with Crippen LogP contribution in [0.4, 0.5) is 11.4 Å². The lowest BCUT2D eigenvalue weighted by atomic mass is 9.81. The molecule has 1 amide bonds. The van der Waals surface area contributed by atoms with E-state index in [-0.39, 0.29) is 5.91 Å². The molecule has 1 aliphatic carbocycles. The number of amides is 1. The number of nitrogens with zero attached hydrogens (tertiary/aromatic N) is 1. The number of benzene rings is 3. The molecule has 2 aliphatic rings. The van der Waals surface area contributed by atoms with Gasteiger partial charge >= 0.3 is 0 Å². The molecule has 2 fully saturated rings. The molecular formula is C28H32N4O. The molecule has 5 nitrogen and oxygen atoms in total. The molecule has 0 unspecified atom stereocenters. The topological polar surface area (TPSA) is 70.4 Å². The largest absolute Gasteiger partial charge is 0.397 e. The van der Waals surface area contributed by atoms with Crippen molar-refractivity contribution in [1.29, 1.82) is 0 Å². The van der Waals surface area contributed by atoms with Gasteiger partial charge in [0.1, 0.15) is 0 Å². The van der Waals surface area contributed by atoms with Gasteiger partial charge in [0.2, 0.25) is 0 Å². The van der Waals surface area contributed by atoms with Crippen LogP contribution in [0.2, 0.25) is 0 Å². The van der Waals surface area contributed by atoms with Gasteiger partial charge in [-0.3, -0.25) is 4.79 Å². The maximum absolute atomic E-state index is 12.9. The fraction of sp³-hybridized carbons (Fsp3) is 0.321. The Balaban J connectivity index is 1.22. The summed E-state index contributed by atoms with van der Waals surface area (Å²) < 4.78 is 0. The third-order valence-electron chi connectivity index (χ3n) is 7.06. The normalized spacial score (nSPS) is 17.8. The van der Waals surface area contributed by atoms with Crippen LogP contribution in [0.1, 0.15) is 54.4 Å².